The predicted octanol–water partition coefficient (Wildman–Crippen LogP) is 3.93. The number of hydrogen-bond acceptors (Lipinski definition) is 3. The van der Waals surface area contributed by atoms with Crippen molar-refractivity contribution in [3.63, 3.8) is 0 Å². The molecule has 0 spiro atoms. The predicted molar refractivity (Wildman–Crippen MR) is 105 cm³/mol. The summed E-state index contributed by atoms with van der Waals surface area (Å²) in [5, 5.41) is 6.47. The van der Waals surface area contributed by atoms with Gasteiger partial charge in [0.25, 0.3) is 0 Å². The van der Waals surface area contributed by atoms with Gasteiger partial charge in [-0.1, -0.05) is 42.5 Å². The molecular formula is C22H28N2O2. The molecule has 26 heavy (non-hydrogen) atoms. The van der Waals surface area contributed by atoms with Crippen LogP contribution in [0.5, 0.6) is 5.75 Å². The van der Waals surface area contributed by atoms with E-state index in [0.29, 0.717) is 12.3 Å². The van der Waals surface area contributed by atoms with Crippen LogP contribution in [-0.2, 0) is 4.79 Å². The quantitative estimate of drug-likeness (QED) is 0.794. The van der Waals surface area contributed by atoms with Gasteiger partial charge in [-0.2, -0.15) is 0 Å². The van der Waals surface area contributed by atoms with Crippen LogP contribution in [0, 0.1) is 5.92 Å². The van der Waals surface area contributed by atoms with Gasteiger partial charge in [-0.3, -0.25) is 4.79 Å². The van der Waals surface area contributed by atoms with Gasteiger partial charge in [0.2, 0.25) is 5.91 Å². The van der Waals surface area contributed by atoms with E-state index in [1.807, 2.05) is 25.1 Å². The van der Waals surface area contributed by atoms with Gasteiger partial charge in [0.15, 0.2) is 0 Å². The minimum atomic E-state index is 0.0101. The van der Waals surface area contributed by atoms with Crippen LogP contribution in [0.15, 0.2) is 48.5 Å². The average molecular weight is 352 g/mol. The van der Waals surface area contributed by atoms with Crippen LogP contribution in [-0.4, -0.2) is 26.1 Å². The van der Waals surface area contributed by atoms with Crippen LogP contribution in [0.2, 0.25) is 0 Å². The summed E-state index contributed by atoms with van der Waals surface area (Å²) in [6, 6.07) is 16.3. The summed E-state index contributed by atoms with van der Waals surface area (Å²) in [5.41, 5.74) is 3.29. The normalized spacial score (nSPS) is 17.7. The number of methoxy groups -OCH3 is 1. The highest BCUT2D eigenvalue weighted by Crippen LogP contribution is 2.30. The molecule has 2 aromatic rings. The molecule has 2 unspecified atom stereocenters. The third-order valence-corrected chi connectivity index (χ3v) is 5.15. The SMILES string of the molecule is COc1ccccc1-c1ccc(C(C)NC(=O)CCC2CCNC2)cc1. The third-order valence-electron chi connectivity index (χ3n) is 5.15. The molecule has 1 aliphatic rings. The Morgan fingerprint density at radius 3 is 2.69 bits per heavy atom. The molecule has 4 nitrogen and oxygen atoms in total. The van der Waals surface area contributed by atoms with Gasteiger partial charge in [0.05, 0.1) is 13.2 Å². The van der Waals surface area contributed by atoms with Crippen molar-refractivity contribution in [2.75, 3.05) is 20.2 Å². The van der Waals surface area contributed by atoms with Crippen LogP contribution >= 0.6 is 0 Å². The minimum Gasteiger partial charge on any atom is -0.496 e. The number of carbonyl (C=O) groups is 1. The van der Waals surface area contributed by atoms with Crippen molar-refractivity contribution in [1.29, 1.82) is 0 Å². The first-order valence-electron chi connectivity index (χ1n) is 9.41. The summed E-state index contributed by atoms with van der Waals surface area (Å²) in [7, 11) is 1.69. The lowest BCUT2D eigenvalue weighted by atomic mass is 10.00. The third kappa shape index (κ3) is 4.64. The summed E-state index contributed by atoms with van der Waals surface area (Å²) in [4.78, 5) is 12.2. The Kier molecular flexibility index (Phi) is 6.29. The van der Waals surface area contributed by atoms with E-state index in [1.54, 1.807) is 7.11 Å². The Balaban J connectivity index is 1.58. The summed E-state index contributed by atoms with van der Waals surface area (Å²) in [6.07, 6.45) is 2.77. The minimum absolute atomic E-state index is 0.0101. The molecule has 138 valence electrons. The number of benzene rings is 2. The zero-order valence-electron chi connectivity index (χ0n) is 15.6. The number of nitrogens with one attached hydrogen (secondary N) is 2. The number of hydrogen-bond donors (Lipinski definition) is 2. The second kappa shape index (κ2) is 8.86. The van der Waals surface area contributed by atoms with Gasteiger partial charge in [-0.05, 0) is 56.0 Å². The maximum Gasteiger partial charge on any atom is 0.220 e. The standard InChI is InChI=1S/C22H28N2O2/c1-16(24-22(25)12-7-17-13-14-23-15-17)18-8-10-19(11-9-18)20-5-3-4-6-21(20)26-2/h3-6,8-11,16-17,23H,7,12-15H2,1-2H3,(H,24,25). The topological polar surface area (TPSA) is 50.4 Å². The smallest absolute Gasteiger partial charge is 0.220 e. The Bertz CT molecular complexity index is 721. The lowest BCUT2D eigenvalue weighted by Gasteiger charge is -2.16. The van der Waals surface area contributed by atoms with E-state index in [4.69, 9.17) is 4.74 Å². The van der Waals surface area contributed by atoms with Crippen molar-refractivity contribution in [2.45, 2.75) is 32.2 Å². The molecule has 1 aliphatic heterocycles. The maximum atomic E-state index is 12.2. The molecule has 2 N–H and O–H groups in total. The number of amides is 1. The van der Waals surface area contributed by atoms with Crippen LogP contribution in [0.3, 0.4) is 0 Å². The molecule has 2 atom stereocenters. The number of ether oxygens (including phenoxy) is 1. The van der Waals surface area contributed by atoms with Crippen LogP contribution in [0.4, 0.5) is 0 Å². The van der Waals surface area contributed by atoms with E-state index in [9.17, 15) is 4.79 Å². The monoisotopic (exact) mass is 352 g/mol. The van der Waals surface area contributed by atoms with E-state index in [-0.39, 0.29) is 11.9 Å². The lowest BCUT2D eigenvalue weighted by Crippen LogP contribution is -2.27. The maximum absolute atomic E-state index is 12.2. The Labute approximate surface area is 156 Å². The molecule has 0 bridgehead atoms. The van der Waals surface area contributed by atoms with Crippen molar-refractivity contribution in [3.05, 3.63) is 54.1 Å². The Morgan fingerprint density at radius 1 is 1.23 bits per heavy atom. The van der Waals surface area contributed by atoms with E-state index in [0.717, 1.165) is 42.0 Å². The molecule has 1 heterocycles. The van der Waals surface area contributed by atoms with Gasteiger partial charge < -0.3 is 15.4 Å². The molecule has 0 aliphatic carbocycles. The number of rotatable bonds is 7. The molecule has 1 fully saturated rings. The first-order valence-corrected chi connectivity index (χ1v) is 9.41. The zero-order valence-corrected chi connectivity index (χ0v) is 15.6. The van der Waals surface area contributed by atoms with Gasteiger partial charge in [-0.15, -0.1) is 0 Å². The highest BCUT2D eigenvalue weighted by molar-refractivity contribution is 5.76. The highest BCUT2D eigenvalue weighted by Gasteiger charge is 2.17. The van der Waals surface area contributed by atoms with Gasteiger partial charge in [0, 0.05) is 12.0 Å². The van der Waals surface area contributed by atoms with Crippen LogP contribution < -0.4 is 15.4 Å². The largest absolute Gasteiger partial charge is 0.496 e. The summed E-state index contributed by atoms with van der Waals surface area (Å²) in [6.45, 7) is 4.17. The molecule has 0 radical (unpaired) electrons. The van der Waals surface area contributed by atoms with Crippen LogP contribution in [0.1, 0.15) is 37.8 Å². The molecule has 4 heteroatoms. The molecular weight excluding hydrogens is 324 g/mol. The number of carbonyl (C=O) groups excluding carboxylic acids is 1. The van der Waals surface area contributed by atoms with Gasteiger partial charge in [-0.25, -0.2) is 0 Å². The molecule has 0 aromatic heterocycles. The molecule has 2 aromatic carbocycles. The van der Waals surface area contributed by atoms with E-state index in [2.05, 4.69) is 41.0 Å². The number of para-hydroxylation sites is 1. The summed E-state index contributed by atoms with van der Waals surface area (Å²) >= 11 is 0. The Morgan fingerprint density at radius 2 is 2.00 bits per heavy atom. The summed E-state index contributed by atoms with van der Waals surface area (Å²) in [5.74, 6) is 1.65. The van der Waals surface area contributed by atoms with E-state index >= 15 is 0 Å². The molecule has 1 saturated heterocycles. The first-order chi connectivity index (χ1) is 12.7. The highest BCUT2D eigenvalue weighted by atomic mass is 16.5. The first kappa shape index (κ1) is 18.5. The Hall–Kier alpha value is -2.33. The summed E-state index contributed by atoms with van der Waals surface area (Å²) < 4.78 is 5.44. The second-order valence-electron chi connectivity index (χ2n) is 7.01. The lowest BCUT2D eigenvalue weighted by molar-refractivity contribution is -0.122. The second-order valence-corrected chi connectivity index (χ2v) is 7.01. The van der Waals surface area contributed by atoms with Crippen molar-refractivity contribution < 1.29 is 9.53 Å². The fourth-order valence-corrected chi connectivity index (χ4v) is 3.53. The van der Waals surface area contributed by atoms with E-state index < -0.39 is 0 Å². The van der Waals surface area contributed by atoms with Crippen molar-refractivity contribution in [3.8, 4) is 16.9 Å². The van der Waals surface area contributed by atoms with Gasteiger partial charge in [0.1, 0.15) is 5.75 Å². The van der Waals surface area contributed by atoms with Crippen LogP contribution in [0.25, 0.3) is 11.1 Å². The molecule has 3 rings (SSSR count). The molecule has 0 saturated carbocycles. The zero-order chi connectivity index (χ0) is 18.4. The fourth-order valence-electron chi connectivity index (χ4n) is 3.53. The fraction of sp³-hybridized carbons (Fsp3) is 0.409. The van der Waals surface area contributed by atoms with E-state index in [1.165, 1.54) is 6.42 Å². The molecule has 1 amide bonds. The van der Waals surface area contributed by atoms with Gasteiger partial charge >= 0.3 is 0 Å². The average Bonchev–Trinajstić information content (AvgIpc) is 3.20. The van der Waals surface area contributed by atoms with Crippen molar-refractivity contribution in [2.24, 2.45) is 5.92 Å². The van der Waals surface area contributed by atoms with Crippen molar-refractivity contribution in [1.82, 2.24) is 10.6 Å². The van der Waals surface area contributed by atoms with Crippen molar-refractivity contribution >= 4 is 5.91 Å².